The maximum absolute atomic E-state index is 10.9. The number of hydrogen-bond acceptors (Lipinski definition) is 5. The molecular weight excluding hydrogens is 250 g/mol. The second-order valence-corrected chi connectivity index (χ2v) is 5.67. The topological polar surface area (TPSA) is 65.5 Å². The third-order valence-electron chi connectivity index (χ3n) is 3.38. The normalized spacial score (nSPS) is 24.4. The second kappa shape index (κ2) is 5.77. The minimum Gasteiger partial charge on any atom is -0.395 e. The fourth-order valence-corrected chi connectivity index (χ4v) is 3.12. The van der Waals surface area contributed by atoms with Crippen LogP contribution >= 0.6 is 11.3 Å². The third-order valence-corrected chi connectivity index (χ3v) is 4.19. The van der Waals surface area contributed by atoms with Gasteiger partial charge in [-0.1, -0.05) is 6.92 Å². The molecule has 0 aliphatic carbocycles. The fraction of sp³-hybridized carbons (Fsp3) is 0.667. The van der Waals surface area contributed by atoms with E-state index in [1.165, 1.54) is 18.3 Å². The van der Waals surface area contributed by atoms with Gasteiger partial charge in [-0.3, -0.25) is 9.69 Å². The van der Waals surface area contributed by atoms with Crippen molar-refractivity contribution < 1.29 is 9.90 Å². The SMILES string of the molecule is CC(=O)Nc1nc(CN2CCC(C)C2CO)cs1. The molecule has 0 bridgehead atoms. The Hall–Kier alpha value is -0.980. The number of aliphatic hydroxyl groups excluding tert-OH is 1. The summed E-state index contributed by atoms with van der Waals surface area (Å²) in [7, 11) is 0. The molecular formula is C12H19N3O2S. The number of thiazole rings is 1. The number of nitrogens with zero attached hydrogens (tertiary/aromatic N) is 2. The van der Waals surface area contributed by atoms with Gasteiger partial charge in [-0.15, -0.1) is 11.3 Å². The molecule has 1 saturated heterocycles. The van der Waals surface area contributed by atoms with Gasteiger partial charge in [0.1, 0.15) is 0 Å². The number of nitrogens with one attached hydrogen (secondary N) is 1. The van der Waals surface area contributed by atoms with Gasteiger partial charge in [0.2, 0.25) is 5.91 Å². The summed E-state index contributed by atoms with van der Waals surface area (Å²) in [6.07, 6.45) is 1.12. The second-order valence-electron chi connectivity index (χ2n) is 4.81. The maximum atomic E-state index is 10.9. The highest BCUT2D eigenvalue weighted by Gasteiger charge is 2.30. The van der Waals surface area contributed by atoms with Crippen molar-refractivity contribution in [3.8, 4) is 0 Å². The molecule has 2 N–H and O–H groups in total. The van der Waals surface area contributed by atoms with Crippen LogP contribution in [0.4, 0.5) is 5.13 Å². The fourth-order valence-electron chi connectivity index (χ4n) is 2.37. The molecule has 0 radical (unpaired) electrons. The summed E-state index contributed by atoms with van der Waals surface area (Å²) >= 11 is 1.44. The monoisotopic (exact) mass is 269 g/mol. The highest BCUT2D eigenvalue weighted by atomic mass is 32.1. The Labute approximate surface area is 111 Å². The molecule has 1 fully saturated rings. The van der Waals surface area contributed by atoms with Crippen LogP contribution < -0.4 is 5.32 Å². The standard InChI is InChI=1S/C12H19N3O2S/c1-8-3-4-15(11(8)6-16)5-10-7-18-12(14-10)13-9(2)17/h7-8,11,16H,3-6H2,1-2H3,(H,13,14,17). The molecule has 0 saturated carbocycles. The van der Waals surface area contributed by atoms with Gasteiger partial charge in [0, 0.05) is 24.9 Å². The van der Waals surface area contributed by atoms with Gasteiger partial charge in [0.15, 0.2) is 5.13 Å². The predicted molar refractivity (Wildman–Crippen MR) is 71.5 cm³/mol. The lowest BCUT2D eigenvalue weighted by Crippen LogP contribution is -2.34. The van der Waals surface area contributed by atoms with E-state index in [-0.39, 0.29) is 18.6 Å². The van der Waals surface area contributed by atoms with Gasteiger partial charge in [-0.2, -0.15) is 0 Å². The zero-order valence-corrected chi connectivity index (χ0v) is 11.5. The van der Waals surface area contributed by atoms with Crippen LogP contribution in [0.15, 0.2) is 5.38 Å². The zero-order chi connectivity index (χ0) is 13.1. The lowest BCUT2D eigenvalue weighted by Gasteiger charge is -2.23. The number of likely N-dealkylation sites (tertiary alicyclic amines) is 1. The first kappa shape index (κ1) is 13.5. The Balaban J connectivity index is 1.97. The van der Waals surface area contributed by atoms with Crippen LogP contribution in [-0.2, 0) is 11.3 Å². The van der Waals surface area contributed by atoms with Gasteiger partial charge in [-0.25, -0.2) is 4.98 Å². The third kappa shape index (κ3) is 3.07. The van der Waals surface area contributed by atoms with E-state index in [4.69, 9.17) is 0 Å². The molecule has 0 aromatic carbocycles. The van der Waals surface area contributed by atoms with Crippen molar-refractivity contribution in [2.24, 2.45) is 5.92 Å². The van der Waals surface area contributed by atoms with Gasteiger partial charge in [0.25, 0.3) is 0 Å². The quantitative estimate of drug-likeness (QED) is 0.865. The number of aromatic nitrogens is 1. The van der Waals surface area contributed by atoms with Crippen molar-refractivity contribution in [2.75, 3.05) is 18.5 Å². The zero-order valence-electron chi connectivity index (χ0n) is 10.7. The van der Waals surface area contributed by atoms with Gasteiger partial charge >= 0.3 is 0 Å². The van der Waals surface area contributed by atoms with E-state index < -0.39 is 0 Å². The molecule has 0 spiro atoms. The summed E-state index contributed by atoms with van der Waals surface area (Å²) in [4.78, 5) is 17.6. The Morgan fingerprint density at radius 3 is 3.17 bits per heavy atom. The molecule has 5 nitrogen and oxygen atoms in total. The van der Waals surface area contributed by atoms with E-state index >= 15 is 0 Å². The predicted octanol–water partition coefficient (Wildman–Crippen LogP) is 1.30. The number of carbonyl (C=O) groups excluding carboxylic acids is 1. The van der Waals surface area contributed by atoms with Crippen molar-refractivity contribution in [3.63, 3.8) is 0 Å². The highest BCUT2D eigenvalue weighted by Crippen LogP contribution is 2.26. The Kier molecular flexibility index (Phi) is 4.31. The van der Waals surface area contributed by atoms with Crippen molar-refractivity contribution in [1.82, 2.24) is 9.88 Å². The Bertz CT molecular complexity index is 421. The molecule has 1 aromatic rings. The van der Waals surface area contributed by atoms with Crippen LogP contribution in [0, 0.1) is 5.92 Å². The lowest BCUT2D eigenvalue weighted by atomic mass is 10.0. The molecule has 1 aromatic heterocycles. The van der Waals surface area contributed by atoms with Crippen molar-refractivity contribution >= 4 is 22.4 Å². The summed E-state index contributed by atoms with van der Waals surface area (Å²) in [6, 6.07) is 0.232. The Morgan fingerprint density at radius 2 is 2.50 bits per heavy atom. The Morgan fingerprint density at radius 1 is 1.72 bits per heavy atom. The molecule has 1 aliphatic heterocycles. The van der Waals surface area contributed by atoms with Crippen molar-refractivity contribution in [3.05, 3.63) is 11.1 Å². The molecule has 2 atom stereocenters. The minimum atomic E-state index is -0.0982. The summed E-state index contributed by atoms with van der Waals surface area (Å²) in [5, 5.41) is 14.7. The molecule has 2 rings (SSSR count). The summed E-state index contributed by atoms with van der Waals surface area (Å²) < 4.78 is 0. The number of aliphatic hydroxyl groups is 1. The van der Waals surface area contributed by atoms with E-state index in [1.807, 2.05) is 5.38 Å². The highest BCUT2D eigenvalue weighted by molar-refractivity contribution is 7.13. The van der Waals surface area contributed by atoms with Crippen molar-refractivity contribution in [2.45, 2.75) is 32.9 Å². The molecule has 18 heavy (non-hydrogen) atoms. The molecule has 6 heteroatoms. The number of hydrogen-bond donors (Lipinski definition) is 2. The number of carbonyl (C=O) groups is 1. The first-order valence-corrected chi connectivity index (χ1v) is 7.05. The summed E-state index contributed by atoms with van der Waals surface area (Å²) in [5.74, 6) is 0.433. The molecule has 1 amide bonds. The summed E-state index contributed by atoms with van der Waals surface area (Å²) in [5.41, 5.74) is 0.955. The van der Waals surface area contributed by atoms with E-state index in [1.54, 1.807) is 0 Å². The largest absolute Gasteiger partial charge is 0.395 e. The van der Waals surface area contributed by atoms with E-state index in [2.05, 4.69) is 22.1 Å². The average molecular weight is 269 g/mol. The van der Waals surface area contributed by atoms with Crippen LogP contribution in [-0.4, -0.2) is 40.1 Å². The van der Waals surface area contributed by atoms with Gasteiger partial charge in [0.05, 0.1) is 12.3 Å². The first-order chi connectivity index (χ1) is 8.60. The average Bonchev–Trinajstić information content (AvgIpc) is 2.86. The molecule has 1 aliphatic rings. The molecule has 100 valence electrons. The van der Waals surface area contributed by atoms with E-state index in [9.17, 15) is 9.90 Å². The number of amides is 1. The molecule has 2 unspecified atom stereocenters. The van der Waals surface area contributed by atoms with Crippen LogP contribution in [0.5, 0.6) is 0 Å². The van der Waals surface area contributed by atoms with Crippen LogP contribution in [0.1, 0.15) is 26.0 Å². The van der Waals surface area contributed by atoms with Crippen LogP contribution in [0.2, 0.25) is 0 Å². The smallest absolute Gasteiger partial charge is 0.223 e. The summed E-state index contributed by atoms with van der Waals surface area (Å²) in [6.45, 7) is 5.59. The van der Waals surface area contributed by atoms with Crippen LogP contribution in [0.3, 0.4) is 0 Å². The van der Waals surface area contributed by atoms with Crippen molar-refractivity contribution in [1.29, 1.82) is 0 Å². The molecule has 2 heterocycles. The van der Waals surface area contributed by atoms with E-state index in [0.29, 0.717) is 11.0 Å². The minimum absolute atomic E-state index is 0.0982. The lowest BCUT2D eigenvalue weighted by molar-refractivity contribution is -0.114. The number of rotatable bonds is 4. The van der Waals surface area contributed by atoms with Gasteiger partial charge < -0.3 is 10.4 Å². The maximum Gasteiger partial charge on any atom is 0.223 e. The van der Waals surface area contributed by atoms with Gasteiger partial charge in [-0.05, 0) is 18.9 Å². The van der Waals surface area contributed by atoms with E-state index in [0.717, 1.165) is 25.2 Å². The number of anilines is 1. The first-order valence-electron chi connectivity index (χ1n) is 6.17. The van der Waals surface area contributed by atoms with Crippen LogP contribution in [0.25, 0.3) is 0 Å².